The van der Waals surface area contributed by atoms with Gasteiger partial charge in [0.25, 0.3) is 0 Å². The van der Waals surface area contributed by atoms with Crippen LogP contribution in [0.15, 0.2) is 18.2 Å². The molecule has 0 spiro atoms. The second kappa shape index (κ2) is 3.86. The van der Waals surface area contributed by atoms with Gasteiger partial charge in [0.15, 0.2) is 0 Å². The average molecular weight is 206 g/mol. The summed E-state index contributed by atoms with van der Waals surface area (Å²) < 4.78 is 5.31. The van der Waals surface area contributed by atoms with Crippen molar-refractivity contribution >= 4 is 0 Å². The maximum atomic E-state index is 9.48. The van der Waals surface area contributed by atoms with Crippen molar-refractivity contribution in [2.24, 2.45) is 0 Å². The molecule has 0 unspecified atom stereocenters. The van der Waals surface area contributed by atoms with Crippen molar-refractivity contribution in [3.8, 4) is 5.75 Å². The van der Waals surface area contributed by atoms with Crippen molar-refractivity contribution in [1.82, 2.24) is 0 Å². The SMILES string of the molecule is COc1cc(C2(CO)CCC2)ccc1C. The molecule has 0 amide bonds. The summed E-state index contributed by atoms with van der Waals surface area (Å²) in [7, 11) is 1.69. The first-order valence-corrected chi connectivity index (χ1v) is 5.48. The van der Waals surface area contributed by atoms with Gasteiger partial charge in [0.2, 0.25) is 0 Å². The van der Waals surface area contributed by atoms with Crippen LogP contribution in [0.5, 0.6) is 5.75 Å². The lowest BCUT2D eigenvalue weighted by Gasteiger charge is -2.41. The molecular weight excluding hydrogens is 188 g/mol. The summed E-state index contributed by atoms with van der Waals surface area (Å²) in [6, 6.07) is 6.27. The first kappa shape index (κ1) is 10.5. The minimum atomic E-state index is 0.0149. The van der Waals surface area contributed by atoms with Crippen LogP contribution in [-0.2, 0) is 5.41 Å². The summed E-state index contributed by atoms with van der Waals surface area (Å²) in [6.45, 7) is 2.29. The summed E-state index contributed by atoms with van der Waals surface area (Å²) in [6.07, 6.45) is 3.40. The van der Waals surface area contributed by atoms with E-state index in [1.54, 1.807) is 7.11 Å². The lowest BCUT2D eigenvalue weighted by Crippen LogP contribution is -2.37. The van der Waals surface area contributed by atoms with E-state index in [4.69, 9.17) is 4.74 Å². The maximum absolute atomic E-state index is 9.48. The van der Waals surface area contributed by atoms with Crippen molar-refractivity contribution in [1.29, 1.82) is 0 Å². The standard InChI is InChI=1S/C13H18O2/c1-10-4-5-11(8-12(10)15-2)13(9-14)6-3-7-13/h4-5,8,14H,3,6-7,9H2,1-2H3. The Morgan fingerprint density at radius 2 is 2.13 bits per heavy atom. The van der Waals surface area contributed by atoms with Gasteiger partial charge in [0, 0.05) is 5.41 Å². The molecule has 0 heterocycles. The highest BCUT2D eigenvalue weighted by molar-refractivity contribution is 5.41. The van der Waals surface area contributed by atoms with Crippen molar-refractivity contribution < 1.29 is 9.84 Å². The second-order valence-corrected chi connectivity index (χ2v) is 4.48. The van der Waals surface area contributed by atoms with Crippen LogP contribution in [-0.4, -0.2) is 18.8 Å². The molecule has 0 atom stereocenters. The largest absolute Gasteiger partial charge is 0.496 e. The van der Waals surface area contributed by atoms with Crippen LogP contribution in [0.3, 0.4) is 0 Å². The zero-order valence-electron chi connectivity index (χ0n) is 9.42. The molecule has 1 aromatic carbocycles. The molecule has 1 aliphatic carbocycles. The monoisotopic (exact) mass is 206 g/mol. The van der Waals surface area contributed by atoms with E-state index >= 15 is 0 Å². The number of aliphatic hydroxyl groups excluding tert-OH is 1. The molecule has 0 aliphatic heterocycles. The summed E-state index contributed by atoms with van der Waals surface area (Å²) in [5, 5.41) is 9.48. The van der Waals surface area contributed by atoms with Gasteiger partial charge >= 0.3 is 0 Å². The minimum Gasteiger partial charge on any atom is -0.496 e. The number of benzene rings is 1. The molecule has 15 heavy (non-hydrogen) atoms. The molecular formula is C13H18O2. The molecule has 0 aromatic heterocycles. The smallest absolute Gasteiger partial charge is 0.122 e. The fraction of sp³-hybridized carbons (Fsp3) is 0.538. The Labute approximate surface area is 90.9 Å². The van der Waals surface area contributed by atoms with Gasteiger partial charge in [0.05, 0.1) is 13.7 Å². The molecule has 1 N–H and O–H groups in total. The summed E-state index contributed by atoms with van der Waals surface area (Å²) in [4.78, 5) is 0. The maximum Gasteiger partial charge on any atom is 0.122 e. The van der Waals surface area contributed by atoms with Crippen LogP contribution >= 0.6 is 0 Å². The molecule has 2 rings (SSSR count). The predicted octanol–water partition coefficient (Wildman–Crippen LogP) is 2.42. The summed E-state index contributed by atoms with van der Waals surface area (Å²) >= 11 is 0. The third kappa shape index (κ3) is 1.63. The third-order valence-electron chi connectivity index (χ3n) is 3.63. The number of aliphatic hydroxyl groups is 1. The molecule has 0 saturated heterocycles. The van der Waals surface area contributed by atoms with Gasteiger partial charge in [-0.15, -0.1) is 0 Å². The molecule has 0 bridgehead atoms. The van der Waals surface area contributed by atoms with Crippen LogP contribution in [0.4, 0.5) is 0 Å². The predicted molar refractivity (Wildman–Crippen MR) is 60.3 cm³/mol. The van der Waals surface area contributed by atoms with Gasteiger partial charge in [0.1, 0.15) is 5.75 Å². The quantitative estimate of drug-likeness (QED) is 0.823. The van der Waals surface area contributed by atoms with Gasteiger partial charge in [-0.3, -0.25) is 0 Å². The summed E-state index contributed by atoms with van der Waals surface area (Å²) in [5.41, 5.74) is 2.38. The van der Waals surface area contributed by atoms with E-state index < -0.39 is 0 Å². The lowest BCUT2D eigenvalue weighted by atomic mass is 9.65. The number of rotatable bonds is 3. The van der Waals surface area contributed by atoms with Crippen molar-refractivity contribution in [2.75, 3.05) is 13.7 Å². The number of hydrogen-bond acceptors (Lipinski definition) is 2. The number of methoxy groups -OCH3 is 1. The summed E-state index contributed by atoms with van der Waals surface area (Å²) in [5.74, 6) is 0.923. The molecule has 1 saturated carbocycles. The Morgan fingerprint density at radius 3 is 2.60 bits per heavy atom. The fourth-order valence-electron chi connectivity index (χ4n) is 2.29. The van der Waals surface area contributed by atoms with Gasteiger partial charge < -0.3 is 9.84 Å². The number of hydrogen-bond donors (Lipinski definition) is 1. The van der Waals surface area contributed by atoms with E-state index in [1.165, 1.54) is 12.0 Å². The first-order chi connectivity index (χ1) is 7.22. The van der Waals surface area contributed by atoms with Gasteiger partial charge in [-0.25, -0.2) is 0 Å². The van der Waals surface area contributed by atoms with Crippen LogP contribution in [0.25, 0.3) is 0 Å². The molecule has 1 fully saturated rings. The van der Waals surface area contributed by atoms with E-state index in [2.05, 4.69) is 18.2 Å². The van der Waals surface area contributed by atoms with Crippen LogP contribution in [0.1, 0.15) is 30.4 Å². The van der Waals surface area contributed by atoms with Crippen LogP contribution in [0, 0.1) is 6.92 Å². The third-order valence-corrected chi connectivity index (χ3v) is 3.63. The normalized spacial score (nSPS) is 18.3. The Morgan fingerprint density at radius 1 is 1.40 bits per heavy atom. The molecule has 1 aromatic rings. The lowest BCUT2D eigenvalue weighted by molar-refractivity contribution is 0.120. The molecule has 1 aliphatic rings. The van der Waals surface area contributed by atoms with E-state index in [0.29, 0.717) is 0 Å². The molecule has 2 heteroatoms. The Balaban J connectivity index is 2.36. The number of ether oxygens (including phenoxy) is 1. The zero-order chi connectivity index (χ0) is 10.9. The van der Waals surface area contributed by atoms with E-state index in [0.717, 1.165) is 24.2 Å². The van der Waals surface area contributed by atoms with Gasteiger partial charge in [-0.2, -0.15) is 0 Å². The van der Waals surface area contributed by atoms with E-state index in [-0.39, 0.29) is 12.0 Å². The van der Waals surface area contributed by atoms with Gasteiger partial charge in [-0.05, 0) is 37.0 Å². The van der Waals surface area contributed by atoms with Gasteiger partial charge in [-0.1, -0.05) is 18.6 Å². The highest BCUT2D eigenvalue weighted by Crippen LogP contribution is 2.44. The Bertz CT molecular complexity index is 348. The van der Waals surface area contributed by atoms with Crippen molar-refractivity contribution in [2.45, 2.75) is 31.6 Å². The fourth-order valence-corrected chi connectivity index (χ4v) is 2.29. The molecule has 0 radical (unpaired) electrons. The Hall–Kier alpha value is -1.02. The number of aryl methyl sites for hydroxylation is 1. The molecule has 82 valence electrons. The second-order valence-electron chi connectivity index (χ2n) is 4.48. The topological polar surface area (TPSA) is 29.5 Å². The zero-order valence-corrected chi connectivity index (χ0v) is 9.42. The van der Waals surface area contributed by atoms with Crippen LogP contribution in [0.2, 0.25) is 0 Å². The van der Waals surface area contributed by atoms with Crippen molar-refractivity contribution in [3.63, 3.8) is 0 Å². The highest BCUT2D eigenvalue weighted by Gasteiger charge is 2.38. The minimum absolute atomic E-state index is 0.0149. The highest BCUT2D eigenvalue weighted by atomic mass is 16.5. The van der Waals surface area contributed by atoms with Crippen molar-refractivity contribution in [3.05, 3.63) is 29.3 Å². The van der Waals surface area contributed by atoms with E-state index in [9.17, 15) is 5.11 Å². The average Bonchev–Trinajstić information content (AvgIpc) is 2.19. The van der Waals surface area contributed by atoms with Crippen LogP contribution < -0.4 is 4.74 Å². The first-order valence-electron chi connectivity index (χ1n) is 5.48. The van der Waals surface area contributed by atoms with E-state index in [1.807, 2.05) is 6.92 Å². The molecule has 2 nitrogen and oxygen atoms in total. The Kier molecular flexibility index (Phi) is 2.70.